The molecule has 1 saturated carbocycles. The standard InChI is InChI=1S/C10H16N4/c1-7-6-9(12-8-4-5-8)13-10(11-7)14(2)3/h6,8H,4-5H2,1-3H3,(H,11,12,13). The third kappa shape index (κ3) is 2.13. The molecule has 2 rings (SSSR count). The molecular formula is C10H16N4. The molecule has 0 amide bonds. The molecule has 0 bridgehead atoms. The number of hydrogen-bond acceptors (Lipinski definition) is 4. The van der Waals surface area contributed by atoms with E-state index in [-0.39, 0.29) is 0 Å². The van der Waals surface area contributed by atoms with Gasteiger partial charge in [0.15, 0.2) is 0 Å². The highest BCUT2D eigenvalue weighted by atomic mass is 15.2. The van der Waals surface area contributed by atoms with Crippen LogP contribution in [0.25, 0.3) is 0 Å². The van der Waals surface area contributed by atoms with Crippen LogP contribution >= 0.6 is 0 Å². The van der Waals surface area contributed by atoms with Gasteiger partial charge in [-0.15, -0.1) is 0 Å². The van der Waals surface area contributed by atoms with Crippen molar-refractivity contribution in [3.8, 4) is 0 Å². The molecule has 0 spiro atoms. The zero-order valence-corrected chi connectivity index (χ0v) is 8.91. The van der Waals surface area contributed by atoms with Crippen LogP contribution in [0.5, 0.6) is 0 Å². The molecule has 76 valence electrons. The second-order valence-corrected chi connectivity index (χ2v) is 4.01. The lowest BCUT2D eigenvalue weighted by Gasteiger charge is -2.12. The Labute approximate surface area is 84.4 Å². The molecule has 1 heterocycles. The maximum Gasteiger partial charge on any atom is 0.226 e. The Morgan fingerprint density at radius 2 is 2.07 bits per heavy atom. The van der Waals surface area contributed by atoms with E-state index in [1.165, 1.54) is 12.8 Å². The first-order valence-corrected chi connectivity index (χ1v) is 4.94. The van der Waals surface area contributed by atoms with Gasteiger partial charge in [-0.25, -0.2) is 4.98 Å². The molecule has 1 aromatic heterocycles. The van der Waals surface area contributed by atoms with E-state index in [0.717, 1.165) is 17.5 Å². The van der Waals surface area contributed by atoms with Gasteiger partial charge in [-0.1, -0.05) is 0 Å². The zero-order valence-electron chi connectivity index (χ0n) is 8.91. The topological polar surface area (TPSA) is 41.1 Å². The van der Waals surface area contributed by atoms with Crippen molar-refractivity contribution in [1.82, 2.24) is 9.97 Å². The van der Waals surface area contributed by atoms with E-state index in [9.17, 15) is 0 Å². The largest absolute Gasteiger partial charge is 0.367 e. The van der Waals surface area contributed by atoms with E-state index in [1.54, 1.807) is 0 Å². The van der Waals surface area contributed by atoms with Crippen molar-refractivity contribution in [1.29, 1.82) is 0 Å². The van der Waals surface area contributed by atoms with Crippen molar-refractivity contribution in [2.75, 3.05) is 24.3 Å². The number of nitrogens with one attached hydrogen (secondary N) is 1. The molecule has 1 fully saturated rings. The van der Waals surface area contributed by atoms with Gasteiger partial charge in [0, 0.05) is 31.9 Å². The molecular weight excluding hydrogens is 176 g/mol. The first-order valence-electron chi connectivity index (χ1n) is 4.94. The quantitative estimate of drug-likeness (QED) is 0.786. The Balaban J connectivity index is 2.21. The predicted molar refractivity (Wildman–Crippen MR) is 57.7 cm³/mol. The Morgan fingerprint density at radius 3 is 2.64 bits per heavy atom. The highest BCUT2D eigenvalue weighted by Gasteiger charge is 2.21. The average Bonchev–Trinajstić information content (AvgIpc) is 2.87. The van der Waals surface area contributed by atoms with Gasteiger partial charge in [-0.2, -0.15) is 4.98 Å². The van der Waals surface area contributed by atoms with Crippen molar-refractivity contribution in [3.63, 3.8) is 0 Å². The summed E-state index contributed by atoms with van der Waals surface area (Å²) in [6.07, 6.45) is 2.53. The molecule has 0 radical (unpaired) electrons. The molecule has 1 N–H and O–H groups in total. The summed E-state index contributed by atoms with van der Waals surface area (Å²) in [4.78, 5) is 10.7. The fourth-order valence-electron chi connectivity index (χ4n) is 1.26. The molecule has 14 heavy (non-hydrogen) atoms. The first kappa shape index (κ1) is 9.24. The van der Waals surface area contributed by atoms with Gasteiger partial charge in [0.25, 0.3) is 0 Å². The Kier molecular flexibility index (Phi) is 2.27. The van der Waals surface area contributed by atoms with Crippen molar-refractivity contribution < 1.29 is 0 Å². The van der Waals surface area contributed by atoms with Crippen molar-refractivity contribution >= 4 is 11.8 Å². The minimum Gasteiger partial charge on any atom is -0.367 e. The lowest BCUT2D eigenvalue weighted by molar-refractivity contribution is 0.967. The molecule has 1 aliphatic carbocycles. The van der Waals surface area contributed by atoms with Crippen LogP contribution in [-0.4, -0.2) is 30.1 Å². The number of hydrogen-bond donors (Lipinski definition) is 1. The predicted octanol–water partition coefficient (Wildman–Crippen LogP) is 1.43. The van der Waals surface area contributed by atoms with Gasteiger partial charge in [0.1, 0.15) is 5.82 Å². The molecule has 0 aromatic carbocycles. The van der Waals surface area contributed by atoms with Crippen LogP contribution in [-0.2, 0) is 0 Å². The molecule has 4 nitrogen and oxygen atoms in total. The summed E-state index contributed by atoms with van der Waals surface area (Å²) in [6, 6.07) is 2.63. The Hall–Kier alpha value is -1.32. The van der Waals surface area contributed by atoms with Gasteiger partial charge in [0.05, 0.1) is 0 Å². The fourth-order valence-corrected chi connectivity index (χ4v) is 1.26. The summed E-state index contributed by atoms with van der Waals surface area (Å²) in [5.41, 5.74) is 1.01. The first-order chi connectivity index (χ1) is 6.65. The minimum absolute atomic E-state index is 0.638. The summed E-state index contributed by atoms with van der Waals surface area (Å²) in [5.74, 6) is 1.72. The van der Waals surface area contributed by atoms with Crippen LogP contribution in [0.3, 0.4) is 0 Å². The van der Waals surface area contributed by atoms with Crippen LogP contribution in [0.2, 0.25) is 0 Å². The summed E-state index contributed by atoms with van der Waals surface area (Å²) in [5, 5.41) is 3.37. The molecule has 1 aliphatic rings. The molecule has 1 aromatic rings. The molecule has 0 unspecified atom stereocenters. The summed E-state index contributed by atoms with van der Waals surface area (Å²) >= 11 is 0. The highest BCUT2D eigenvalue weighted by Crippen LogP contribution is 2.24. The smallest absolute Gasteiger partial charge is 0.226 e. The van der Waals surface area contributed by atoms with Crippen LogP contribution in [0.15, 0.2) is 6.07 Å². The van der Waals surface area contributed by atoms with Crippen molar-refractivity contribution in [2.45, 2.75) is 25.8 Å². The summed E-state index contributed by atoms with van der Waals surface area (Å²) in [7, 11) is 3.91. The second kappa shape index (κ2) is 3.44. The summed E-state index contributed by atoms with van der Waals surface area (Å²) < 4.78 is 0. The lowest BCUT2D eigenvalue weighted by Crippen LogP contribution is -2.15. The number of aryl methyl sites for hydroxylation is 1. The van der Waals surface area contributed by atoms with E-state index < -0.39 is 0 Å². The number of rotatable bonds is 3. The normalized spacial score (nSPS) is 15.4. The third-order valence-electron chi connectivity index (χ3n) is 2.17. The van der Waals surface area contributed by atoms with Gasteiger partial charge in [-0.05, 0) is 19.8 Å². The van der Waals surface area contributed by atoms with E-state index in [1.807, 2.05) is 32.0 Å². The molecule has 0 aliphatic heterocycles. The second-order valence-electron chi connectivity index (χ2n) is 4.01. The SMILES string of the molecule is Cc1cc(NC2CC2)nc(N(C)C)n1. The van der Waals surface area contributed by atoms with Gasteiger partial charge < -0.3 is 10.2 Å². The molecule has 0 saturated heterocycles. The minimum atomic E-state index is 0.638. The zero-order chi connectivity index (χ0) is 10.1. The molecule has 4 heteroatoms. The van der Waals surface area contributed by atoms with Crippen molar-refractivity contribution in [2.24, 2.45) is 0 Å². The van der Waals surface area contributed by atoms with Crippen molar-refractivity contribution in [3.05, 3.63) is 11.8 Å². The van der Waals surface area contributed by atoms with E-state index in [4.69, 9.17) is 0 Å². The third-order valence-corrected chi connectivity index (χ3v) is 2.17. The van der Waals surface area contributed by atoms with E-state index in [2.05, 4.69) is 15.3 Å². The average molecular weight is 192 g/mol. The number of nitrogens with zero attached hydrogens (tertiary/aromatic N) is 3. The van der Waals surface area contributed by atoms with E-state index in [0.29, 0.717) is 6.04 Å². The van der Waals surface area contributed by atoms with Crippen LogP contribution < -0.4 is 10.2 Å². The van der Waals surface area contributed by atoms with Crippen LogP contribution in [0.4, 0.5) is 11.8 Å². The molecule has 0 atom stereocenters. The number of aromatic nitrogens is 2. The Bertz CT molecular complexity index is 331. The fraction of sp³-hybridized carbons (Fsp3) is 0.600. The van der Waals surface area contributed by atoms with Crippen LogP contribution in [0, 0.1) is 6.92 Å². The van der Waals surface area contributed by atoms with E-state index >= 15 is 0 Å². The summed E-state index contributed by atoms with van der Waals surface area (Å²) in [6.45, 7) is 1.99. The van der Waals surface area contributed by atoms with Gasteiger partial charge in [0.2, 0.25) is 5.95 Å². The lowest BCUT2D eigenvalue weighted by atomic mass is 10.4. The van der Waals surface area contributed by atoms with Crippen LogP contribution in [0.1, 0.15) is 18.5 Å². The maximum absolute atomic E-state index is 4.42. The number of anilines is 2. The van der Waals surface area contributed by atoms with Gasteiger partial charge in [-0.3, -0.25) is 0 Å². The highest BCUT2D eigenvalue weighted by molar-refractivity contribution is 5.44. The van der Waals surface area contributed by atoms with Gasteiger partial charge >= 0.3 is 0 Å². The Morgan fingerprint density at radius 1 is 1.36 bits per heavy atom. The monoisotopic (exact) mass is 192 g/mol. The maximum atomic E-state index is 4.42.